The first-order valence-corrected chi connectivity index (χ1v) is 18.0. The van der Waals surface area contributed by atoms with Crippen LogP contribution in [0.5, 0.6) is 0 Å². The lowest BCUT2D eigenvalue weighted by Crippen LogP contribution is -2.46. The van der Waals surface area contributed by atoms with E-state index in [0.717, 1.165) is 22.5 Å². The van der Waals surface area contributed by atoms with Gasteiger partial charge in [0.25, 0.3) is 0 Å². The number of ketones is 2. The highest BCUT2D eigenvalue weighted by Gasteiger charge is 2.40. The Bertz CT molecular complexity index is 793. The molecule has 5 nitrogen and oxygen atoms in total. The van der Waals surface area contributed by atoms with Crippen LogP contribution in [0.2, 0.25) is 6.04 Å². The van der Waals surface area contributed by atoms with Gasteiger partial charge < -0.3 is 13.3 Å². The molecular weight excluding hydrogens is 541 g/mol. The van der Waals surface area contributed by atoms with E-state index in [4.69, 9.17) is 13.3 Å². The van der Waals surface area contributed by atoms with Gasteiger partial charge in [0.2, 0.25) is 0 Å². The minimum atomic E-state index is -2.60. The van der Waals surface area contributed by atoms with Gasteiger partial charge in [-0.05, 0) is 39.2 Å². The van der Waals surface area contributed by atoms with E-state index in [1.165, 1.54) is 36.2 Å². The van der Waals surface area contributed by atoms with Crippen LogP contribution in [0.1, 0.15) is 40.0 Å². The monoisotopic (exact) mass is 568 g/mol. The summed E-state index contributed by atoms with van der Waals surface area (Å²) in [5.41, 5.74) is 0. The Labute approximate surface area is 217 Å². The second kappa shape index (κ2) is 13.2. The van der Waals surface area contributed by atoms with Gasteiger partial charge in [0, 0.05) is 38.7 Å². The van der Waals surface area contributed by atoms with Crippen molar-refractivity contribution in [2.24, 2.45) is 0 Å². The number of allylic oxidation sites excluding steroid dienone is 2. The zero-order chi connectivity index (χ0) is 23.1. The van der Waals surface area contributed by atoms with Crippen LogP contribution in [0.4, 0.5) is 0 Å². The molecule has 2 heterocycles. The van der Waals surface area contributed by atoms with Crippen LogP contribution in [0.25, 0.3) is 0 Å². The molecule has 0 aromatic carbocycles. The first-order chi connectivity index (χ1) is 15.5. The van der Waals surface area contributed by atoms with Gasteiger partial charge in [-0.1, -0.05) is 47.0 Å². The first kappa shape index (κ1) is 27.3. The zero-order valence-electron chi connectivity index (χ0n) is 18.6. The SMILES string of the molecule is CCO[Si](CCCSC1=C(SC)SC(=C2SC3=C(S2)C(=O)CCC3=O)S1)(OCC)OCC. The third kappa shape index (κ3) is 6.70. The fourth-order valence-electron chi connectivity index (χ4n) is 3.23. The van der Waals surface area contributed by atoms with Crippen molar-refractivity contribution in [3.8, 4) is 0 Å². The predicted molar refractivity (Wildman–Crippen MR) is 147 cm³/mol. The van der Waals surface area contributed by atoms with Gasteiger partial charge in [0.05, 0.1) is 26.8 Å². The van der Waals surface area contributed by atoms with E-state index in [2.05, 4.69) is 6.26 Å². The molecule has 0 saturated carbocycles. The number of hydrogen-bond donors (Lipinski definition) is 0. The lowest BCUT2D eigenvalue weighted by Gasteiger charge is -2.28. The Kier molecular flexibility index (Phi) is 11.3. The third-order valence-electron chi connectivity index (χ3n) is 4.52. The average molecular weight is 569 g/mol. The first-order valence-electron chi connectivity index (χ1n) is 10.6. The molecule has 0 saturated heterocycles. The number of Topliss-reactive ketones (excluding diaryl/α,β-unsaturated/α-hetero) is 2. The smallest absolute Gasteiger partial charge is 0.374 e. The Morgan fingerprint density at radius 2 is 1.31 bits per heavy atom. The van der Waals surface area contributed by atoms with E-state index >= 15 is 0 Å². The van der Waals surface area contributed by atoms with Gasteiger partial charge in [-0.15, -0.1) is 23.5 Å². The van der Waals surface area contributed by atoms with Gasteiger partial charge in [-0.25, -0.2) is 0 Å². The predicted octanol–water partition coefficient (Wildman–Crippen LogP) is 6.88. The number of carbonyl (C=O) groups excluding carboxylic acids is 2. The number of rotatable bonds is 12. The van der Waals surface area contributed by atoms with E-state index in [1.807, 2.05) is 32.5 Å². The molecule has 0 unspecified atom stereocenters. The minimum absolute atomic E-state index is 0.110. The zero-order valence-corrected chi connectivity index (χ0v) is 24.5. The summed E-state index contributed by atoms with van der Waals surface area (Å²) in [6.07, 6.45) is 3.75. The maximum Gasteiger partial charge on any atom is 0.500 e. The Morgan fingerprint density at radius 3 is 1.81 bits per heavy atom. The normalized spacial score (nSPS) is 19.6. The van der Waals surface area contributed by atoms with Crippen LogP contribution in [0.15, 0.2) is 26.8 Å². The molecule has 0 N–H and O–H groups in total. The molecule has 0 aromatic heterocycles. The highest BCUT2D eigenvalue weighted by Crippen LogP contribution is 2.64. The van der Waals surface area contributed by atoms with Crippen molar-refractivity contribution >= 4 is 90.9 Å². The molecule has 0 bridgehead atoms. The molecule has 3 aliphatic rings. The summed E-state index contributed by atoms with van der Waals surface area (Å²) in [4.78, 5) is 25.8. The molecule has 0 amide bonds. The van der Waals surface area contributed by atoms with Crippen LogP contribution in [0, 0.1) is 0 Å². The van der Waals surface area contributed by atoms with Crippen LogP contribution in [-0.4, -0.2) is 52.2 Å². The third-order valence-corrected chi connectivity index (χ3v) is 16.3. The van der Waals surface area contributed by atoms with E-state index < -0.39 is 8.80 Å². The number of thioether (sulfide) groups is 6. The molecule has 12 heteroatoms. The maximum absolute atomic E-state index is 12.2. The van der Waals surface area contributed by atoms with Crippen molar-refractivity contribution < 1.29 is 22.9 Å². The number of carbonyl (C=O) groups is 2. The molecule has 32 heavy (non-hydrogen) atoms. The van der Waals surface area contributed by atoms with E-state index in [1.54, 1.807) is 35.3 Å². The molecule has 0 radical (unpaired) electrons. The fraction of sp³-hybridized carbons (Fsp3) is 0.600. The van der Waals surface area contributed by atoms with Crippen molar-refractivity contribution in [2.75, 3.05) is 31.8 Å². The summed E-state index contributed by atoms with van der Waals surface area (Å²) in [5.74, 6) is 1.18. The van der Waals surface area contributed by atoms with Crippen molar-refractivity contribution in [1.29, 1.82) is 0 Å². The molecule has 0 spiro atoms. The summed E-state index contributed by atoms with van der Waals surface area (Å²) in [6, 6.07) is 0.815. The molecule has 0 fully saturated rings. The van der Waals surface area contributed by atoms with Crippen LogP contribution in [-0.2, 0) is 22.9 Å². The van der Waals surface area contributed by atoms with E-state index in [0.29, 0.717) is 42.5 Å². The summed E-state index contributed by atoms with van der Waals surface area (Å²) in [5, 5.41) is 0. The highest BCUT2D eigenvalue weighted by molar-refractivity contribution is 8.42. The molecule has 3 rings (SSSR count). The van der Waals surface area contributed by atoms with Gasteiger partial charge in [-0.2, -0.15) is 0 Å². The standard InChI is InChI=1S/C20H28O5S6Si/c1-5-23-32(24-6-2,25-7-3)12-8-11-27-18-17(26-4)30-20(31-18)19-28-15-13(21)9-10-14(22)16(15)29-19/h5-12H2,1-4H3. The minimum Gasteiger partial charge on any atom is -0.374 e. The summed E-state index contributed by atoms with van der Waals surface area (Å²) in [7, 11) is -2.60. The van der Waals surface area contributed by atoms with Gasteiger partial charge in [0.15, 0.2) is 11.6 Å². The topological polar surface area (TPSA) is 61.8 Å². The van der Waals surface area contributed by atoms with Gasteiger partial charge >= 0.3 is 8.80 Å². The number of hydrogen-bond acceptors (Lipinski definition) is 11. The molecular formula is C20H28O5S6Si. The van der Waals surface area contributed by atoms with Crippen molar-refractivity contribution in [3.63, 3.8) is 0 Å². The second-order valence-corrected chi connectivity index (χ2v) is 16.5. The highest BCUT2D eigenvalue weighted by atomic mass is 32.3. The largest absolute Gasteiger partial charge is 0.500 e. The van der Waals surface area contributed by atoms with Crippen LogP contribution < -0.4 is 0 Å². The molecule has 2 aliphatic heterocycles. The van der Waals surface area contributed by atoms with Gasteiger partial charge in [-0.3, -0.25) is 9.59 Å². The molecule has 178 valence electrons. The van der Waals surface area contributed by atoms with E-state index in [-0.39, 0.29) is 11.6 Å². The van der Waals surface area contributed by atoms with Crippen molar-refractivity contribution in [3.05, 3.63) is 26.8 Å². The Hall–Kier alpha value is 0.757. The van der Waals surface area contributed by atoms with E-state index in [9.17, 15) is 9.59 Å². The van der Waals surface area contributed by atoms with Gasteiger partial charge in [0.1, 0.15) is 0 Å². The quantitative estimate of drug-likeness (QED) is 0.183. The summed E-state index contributed by atoms with van der Waals surface area (Å²) in [6.45, 7) is 7.75. The fourth-order valence-corrected chi connectivity index (χ4v) is 14.5. The molecule has 0 atom stereocenters. The summed E-state index contributed by atoms with van der Waals surface area (Å²) < 4.78 is 22.7. The van der Waals surface area contributed by atoms with Crippen LogP contribution in [0.3, 0.4) is 0 Å². The average Bonchev–Trinajstić information content (AvgIpc) is 3.40. The Morgan fingerprint density at radius 1 is 0.812 bits per heavy atom. The molecule has 0 aromatic rings. The Balaban J connectivity index is 1.58. The lowest BCUT2D eigenvalue weighted by molar-refractivity contribution is -0.121. The summed E-state index contributed by atoms with van der Waals surface area (Å²) >= 11 is 10.1. The molecule has 1 aliphatic carbocycles. The van der Waals surface area contributed by atoms with Crippen LogP contribution >= 0.6 is 70.6 Å². The second-order valence-electron chi connectivity index (χ2n) is 6.70. The lowest BCUT2D eigenvalue weighted by atomic mass is 10.1. The van der Waals surface area contributed by atoms with Crippen molar-refractivity contribution in [1.82, 2.24) is 0 Å². The van der Waals surface area contributed by atoms with Crippen molar-refractivity contribution in [2.45, 2.75) is 46.1 Å². The maximum atomic E-state index is 12.2.